The molecule has 0 aliphatic heterocycles. The van der Waals surface area contributed by atoms with Crippen molar-refractivity contribution in [2.45, 2.75) is 20.4 Å². The van der Waals surface area contributed by atoms with Gasteiger partial charge in [-0.25, -0.2) is 4.98 Å². The SMILES string of the molecule is CCOc1cc(NC(=O)c2ccccc2)c(OCC)cc1NC(=O)Cn1ccnc1. The number of carbonyl (C=O) groups excluding carboxylic acids is 2. The number of benzene rings is 2. The van der Waals surface area contributed by atoms with E-state index in [2.05, 4.69) is 15.6 Å². The monoisotopic (exact) mass is 408 g/mol. The average molecular weight is 408 g/mol. The van der Waals surface area contributed by atoms with Crippen LogP contribution < -0.4 is 20.1 Å². The average Bonchev–Trinajstić information content (AvgIpc) is 3.24. The number of hydrogen-bond donors (Lipinski definition) is 2. The van der Waals surface area contributed by atoms with E-state index in [1.165, 1.54) is 0 Å². The van der Waals surface area contributed by atoms with Gasteiger partial charge in [-0.3, -0.25) is 9.59 Å². The smallest absolute Gasteiger partial charge is 0.255 e. The van der Waals surface area contributed by atoms with Gasteiger partial charge in [0, 0.05) is 30.1 Å². The van der Waals surface area contributed by atoms with Crippen molar-refractivity contribution in [2.24, 2.45) is 0 Å². The second kappa shape index (κ2) is 10.1. The lowest BCUT2D eigenvalue weighted by atomic mass is 10.2. The first-order valence-corrected chi connectivity index (χ1v) is 9.66. The quantitative estimate of drug-likeness (QED) is 0.564. The lowest BCUT2D eigenvalue weighted by molar-refractivity contribution is -0.116. The molecule has 0 aliphatic carbocycles. The molecule has 0 fully saturated rings. The number of carbonyl (C=O) groups is 2. The van der Waals surface area contributed by atoms with Gasteiger partial charge < -0.3 is 24.7 Å². The first-order chi connectivity index (χ1) is 14.6. The number of nitrogens with zero attached hydrogens (tertiary/aromatic N) is 2. The van der Waals surface area contributed by atoms with E-state index in [9.17, 15) is 9.59 Å². The van der Waals surface area contributed by atoms with Gasteiger partial charge in [-0.05, 0) is 26.0 Å². The summed E-state index contributed by atoms with van der Waals surface area (Å²) in [7, 11) is 0. The van der Waals surface area contributed by atoms with Gasteiger partial charge in [0.05, 0.1) is 30.9 Å². The summed E-state index contributed by atoms with van der Waals surface area (Å²) in [6, 6.07) is 12.2. The van der Waals surface area contributed by atoms with Crippen molar-refractivity contribution in [1.29, 1.82) is 0 Å². The number of aromatic nitrogens is 2. The predicted octanol–water partition coefficient (Wildman–Crippen LogP) is 3.57. The van der Waals surface area contributed by atoms with Gasteiger partial charge in [0.25, 0.3) is 5.91 Å². The first-order valence-electron chi connectivity index (χ1n) is 9.66. The van der Waals surface area contributed by atoms with Gasteiger partial charge in [-0.2, -0.15) is 0 Å². The second-order valence-corrected chi connectivity index (χ2v) is 6.31. The number of anilines is 2. The number of ether oxygens (including phenoxy) is 2. The van der Waals surface area contributed by atoms with Crippen LogP contribution in [-0.4, -0.2) is 34.6 Å². The summed E-state index contributed by atoms with van der Waals surface area (Å²) in [5.74, 6) is 0.361. The molecule has 0 spiro atoms. The Bertz CT molecular complexity index is 988. The highest BCUT2D eigenvalue weighted by Gasteiger charge is 2.17. The third kappa shape index (κ3) is 5.38. The fourth-order valence-electron chi connectivity index (χ4n) is 2.82. The highest BCUT2D eigenvalue weighted by molar-refractivity contribution is 6.05. The van der Waals surface area contributed by atoms with Gasteiger partial charge >= 0.3 is 0 Å². The fourth-order valence-corrected chi connectivity index (χ4v) is 2.82. The molecule has 0 atom stereocenters. The number of imidazole rings is 1. The highest BCUT2D eigenvalue weighted by atomic mass is 16.5. The summed E-state index contributed by atoms with van der Waals surface area (Å²) in [4.78, 5) is 29.0. The molecule has 3 aromatic rings. The third-order valence-electron chi connectivity index (χ3n) is 4.13. The standard InChI is InChI=1S/C22H24N4O4/c1-3-29-19-13-18(25-22(28)16-8-6-5-7-9-16)20(30-4-2)12-17(19)24-21(27)14-26-11-10-23-15-26/h5-13,15H,3-4,14H2,1-2H3,(H,24,27)(H,25,28). The maximum atomic E-state index is 12.6. The molecule has 0 saturated carbocycles. The molecule has 0 bridgehead atoms. The van der Waals surface area contributed by atoms with Gasteiger partial charge in [-0.1, -0.05) is 18.2 Å². The van der Waals surface area contributed by atoms with Gasteiger partial charge in [0.1, 0.15) is 18.0 Å². The molecule has 0 unspecified atom stereocenters. The molecule has 2 N–H and O–H groups in total. The minimum Gasteiger partial charge on any atom is -0.492 e. The van der Waals surface area contributed by atoms with Crippen LogP contribution >= 0.6 is 0 Å². The Hall–Kier alpha value is -3.81. The van der Waals surface area contributed by atoms with Crippen LogP contribution in [0.15, 0.2) is 61.2 Å². The van der Waals surface area contributed by atoms with Crippen LogP contribution in [0.25, 0.3) is 0 Å². The Morgan fingerprint density at radius 1 is 0.967 bits per heavy atom. The first kappa shape index (κ1) is 20.9. The Labute approximate surface area is 174 Å². The molecule has 156 valence electrons. The molecular weight excluding hydrogens is 384 g/mol. The van der Waals surface area contributed by atoms with Crippen LogP contribution in [0.5, 0.6) is 11.5 Å². The van der Waals surface area contributed by atoms with Crippen molar-refractivity contribution >= 4 is 23.2 Å². The molecule has 0 radical (unpaired) electrons. The topological polar surface area (TPSA) is 94.5 Å². The zero-order valence-corrected chi connectivity index (χ0v) is 16.9. The number of hydrogen-bond acceptors (Lipinski definition) is 5. The molecule has 30 heavy (non-hydrogen) atoms. The molecule has 1 aromatic heterocycles. The minimum absolute atomic E-state index is 0.113. The summed E-state index contributed by atoms with van der Waals surface area (Å²) >= 11 is 0. The molecule has 0 aliphatic rings. The largest absolute Gasteiger partial charge is 0.492 e. The second-order valence-electron chi connectivity index (χ2n) is 6.31. The Morgan fingerprint density at radius 2 is 1.60 bits per heavy atom. The van der Waals surface area contributed by atoms with E-state index in [1.54, 1.807) is 59.7 Å². The zero-order valence-electron chi connectivity index (χ0n) is 16.9. The van der Waals surface area contributed by atoms with Gasteiger partial charge in [-0.15, -0.1) is 0 Å². The van der Waals surface area contributed by atoms with E-state index in [4.69, 9.17) is 9.47 Å². The van der Waals surface area contributed by atoms with Crippen molar-refractivity contribution in [2.75, 3.05) is 23.8 Å². The van der Waals surface area contributed by atoms with Crippen LogP contribution in [-0.2, 0) is 11.3 Å². The fraction of sp³-hybridized carbons (Fsp3) is 0.227. The number of rotatable bonds is 9. The van der Waals surface area contributed by atoms with E-state index >= 15 is 0 Å². The lowest BCUT2D eigenvalue weighted by Gasteiger charge is -2.18. The van der Waals surface area contributed by atoms with E-state index < -0.39 is 0 Å². The molecule has 3 rings (SSSR count). The van der Waals surface area contributed by atoms with Gasteiger partial charge in [0.2, 0.25) is 5.91 Å². The van der Waals surface area contributed by atoms with Crippen LogP contribution in [0.1, 0.15) is 24.2 Å². The molecule has 2 aromatic carbocycles. The van der Waals surface area contributed by atoms with Crippen molar-refractivity contribution < 1.29 is 19.1 Å². The molecular formula is C22H24N4O4. The van der Waals surface area contributed by atoms with E-state index in [0.717, 1.165) is 0 Å². The number of nitrogens with one attached hydrogen (secondary N) is 2. The van der Waals surface area contributed by atoms with Crippen molar-refractivity contribution in [3.63, 3.8) is 0 Å². The zero-order chi connectivity index (χ0) is 21.3. The van der Waals surface area contributed by atoms with Crippen molar-refractivity contribution in [3.05, 3.63) is 66.7 Å². The molecule has 0 saturated heterocycles. The summed E-state index contributed by atoms with van der Waals surface area (Å²) in [5, 5.41) is 5.70. The normalized spacial score (nSPS) is 10.3. The summed E-state index contributed by atoms with van der Waals surface area (Å²) in [5.41, 5.74) is 1.44. The summed E-state index contributed by atoms with van der Waals surface area (Å²) in [6.07, 6.45) is 4.88. The maximum Gasteiger partial charge on any atom is 0.255 e. The van der Waals surface area contributed by atoms with Crippen LogP contribution in [0, 0.1) is 0 Å². The Balaban J connectivity index is 1.86. The summed E-state index contributed by atoms with van der Waals surface area (Å²) < 4.78 is 13.1. The van der Waals surface area contributed by atoms with Crippen LogP contribution in [0.3, 0.4) is 0 Å². The molecule has 8 heteroatoms. The van der Waals surface area contributed by atoms with E-state index in [0.29, 0.717) is 41.7 Å². The third-order valence-corrected chi connectivity index (χ3v) is 4.13. The van der Waals surface area contributed by atoms with E-state index in [-0.39, 0.29) is 18.4 Å². The van der Waals surface area contributed by atoms with Crippen LogP contribution in [0.4, 0.5) is 11.4 Å². The van der Waals surface area contributed by atoms with Crippen molar-refractivity contribution in [3.8, 4) is 11.5 Å². The summed E-state index contributed by atoms with van der Waals surface area (Å²) in [6.45, 7) is 4.59. The lowest BCUT2D eigenvalue weighted by Crippen LogP contribution is -2.19. The van der Waals surface area contributed by atoms with Gasteiger partial charge in [0.15, 0.2) is 0 Å². The maximum absolute atomic E-state index is 12.6. The van der Waals surface area contributed by atoms with E-state index in [1.807, 2.05) is 19.9 Å². The predicted molar refractivity (Wildman–Crippen MR) is 114 cm³/mol. The molecule has 8 nitrogen and oxygen atoms in total. The Morgan fingerprint density at radius 3 is 2.17 bits per heavy atom. The molecule has 1 heterocycles. The molecule has 2 amide bonds. The van der Waals surface area contributed by atoms with Crippen molar-refractivity contribution in [1.82, 2.24) is 9.55 Å². The minimum atomic E-state index is -0.268. The highest BCUT2D eigenvalue weighted by Crippen LogP contribution is 2.37. The number of amides is 2. The Kier molecular flexibility index (Phi) is 7.05. The van der Waals surface area contributed by atoms with Crippen LogP contribution in [0.2, 0.25) is 0 Å².